The third kappa shape index (κ3) is 2.21. The van der Waals surface area contributed by atoms with Gasteiger partial charge in [-0.3, -0.25) is 4.79 Å². The number of ketones is 1. The van der Waals surface area contributed by atoms with Crippen molar-refractivity contribution in [1.29, 1.82) is 0 Å². The molecule has 1 saturated carbocycles. The fourth-order valence-electron chi connectivity index (χ4n) is 2.61. The molecule has 0 amide bonds. The van der Waals surface area contributed by atoms with Crippen LogP contribution in [-0.4, -0.2) is 12.4 Å². The molecule has 2 aliphatic rings. The summed E-state index contributed by atoms with van der Waals surface area (Å²) in [6, 6.07) is 5.92. The number of hydrogen-bond acceptors (Lipinski definition) is 2. The number of benzene rings is 1. The van der Waals surface area contributed by atoms with Gasteiger partial charge in [-0.25, -0.2) is 0 Å². The molecule has 17 heavy (non-hydrogen) atoms. The van der Waals surface area contributed by atoms with Gasteiger partial charge in [-0.15, -0.1) is 0 Å². The van der Waals surface area contributed by atoms with E-state index < -0.39 is 0 Å². The van der Waals surface area contributed by atoms with E-state index in [1.165, 1.54) is 24.8 Å². The summed E-state index contributed by atoms with van der Waals surface area (Å²) in [4.78, 5) is 12.1. The molecule has 1 heterocycles. The Morgan fingerprint density at radius 3 is 2.94 bits per heavy atom. The van der Waals surface area contributed by atoms with Crippen LogP contribution in [0.15, 0.2) is 18.2 Å². The second-order valence-electron chi connectivity index (χ2n) is 5.20. The molecule has 2 heteroatoms. The van der Waals surface area contributed by atoms with E-state index in [1.54, 1.807) is 0 Å². The van der Waals surface area contributed by atoms with Gasteiger partial charge < -0.3 is 4.74 Å². The molecule has 1 aromatic carbocycles. The summed E-state index contributed by atoms with van der Waals surface area (Å²) < 4.78 is 5.56. The number of Topliss-reactive ketones (excluding diaryl/α,β-unsaturated/α-hetero) is 1. The second kappa shape index (κ2) is 4.52. The number of hydrogen-bond donors (Lipinski definition) is 0. The van der Waals surface area contributed by atoms with Crippen molar-refractivity contribution in [3.63, 3.8) is 0 Å². The highest BCUT2D eigenvalue weighted by molar-refractivity contribution is 5.96. The van der Waals surface area contributed by atoms with Crippen LogP contribution >= 0.6 is 0 Å². The molecular weight excluding hydrogens is 212 g/mol. The summed E-state index contributed by atoms with van der Waals surface area (Å²) in [5.74, 6) is 1.93. The van der Waals surface area contributed by atoms with Crippen molar-refractivity contribution in [2.45, 2.75) is 38.5 Å². The average molecular weight is 230 g/mol. The van der Waals surface area contributed by atoms with E-state index in [9.17, 15) is 4.79 Å². The maximum Gasteiger partial charge on any atom is 0.163 e. The zero-order valence-electron chi connectivity index (χ0n) is 10.1. The molecule has 0 saturated heterocycles. The van der Waals surface area contributed by atoms with Crippen LogP contribution in [0.5, 0.6) is 5.75 Å². The van der Waals surface area contributed by atoms with Gasteiger partial charge in [-0.1, -0.05) is 19.3 Å². The number of fused-ring (bicyclic) bond motifs is 1. The number of ether oxygens (including phenoxy) is 1. The Kier molecular flexibility index (Phi) is 2.87. The molecule has 0 atom stereocenters. The third-order valence-electron chi connectivity index (χ3n) is 3.93. The maximum absolute atomic E-state index is 12.1. The Hall–Kier alpha value is -1.31. The molecule has 0 spiro atoms. The van der Waals surface area contributed by atoms with Crippen molar-refractivity contribution in [2.75, 3.05) is 6.61 Å². The van der Waals surface area contributed by atoms with Gasteiger partial charge in [0.05, 0.1) is 6.61 Å². The third-order valence-corrected chi connectivity index (χ3v) is 3.93. The predicted molar refractivity (Wildman–Crippen MR) is 66.5 cm³/mol. The van der Waals surface area contributed by atoms with E-state index >= 15 is 0 Å². The van der Waals surface area contributed by atoms with Crippen LogP contribution in [0.4, 0.5) is 0 Å². The van der Waals surface area contributed by atoms with Crippen LogP contribution in [0, 0.1) is 5.92 Å². The number of carbonyl (C=O) groups is 1. The Labute approximate surface area is 102 Å². The first-order chi connectivity index (χ1) is 8.33. The first-order valence-electron chi connectivity index (χ1n) is 6.62. The SMILES string of the molecule is O=C(CC1CCC1)c1ccc2c(c1)CCCO2. The van der Waals surface area contributed by atoms with Crippen LogP contribution < -0.4 is 4.74 Å². The van der Waals surface area contributed by atoms with Crippen LogP contribution in [0.3, 0.4) is 0 Å². The molecule has 3 rings (SSSR count). The van der Waals surface area contributed by atoms with E-state index in [4.69, 9.17) is 4.74 Å². The minimum Gasteiger partial charge on any atom is -0.493 e. The molecule has 1 aromatic rings. The van der Waals surface area contributed by atoms with Crippen molar-refractivity contribution in [2.24, 2.45) is 5.92 Å². The average Bonchev–Trinajstić information content (AvgIpc) is 2.33. The molecule has 90 valence electrons. The molecule has 0 bridgehead atoms. The molecule has 0 unspecified atom stereocenters. The van der Waals surface area contributed by atoms with E-state index in [2.05, 4.69) is 0 Å². The minimum absolute atomic E-state index is 0.308. The predicted octanol–water partition coefficient (Wildman–Crippen LogP) is 3.38. The van der Waals surface area contributed by atoms with Gasteiger partial charge in [-0.05, 0) is 42.5 Å². The molecule has 0 N–H and O–H groups in total. The van der Waals surface area contributed by atoms with Crippen molar-refractivity contribution < 1.29 is 9.53 Å². The summed E-state index contributed by atoms with van der Waals surface area (Å²) in [5.41, 5.74) is 2.08. The monoisotopic (exact) mass is 230 g/mol. The Bertz CT molecular complexity index is 433. The lowest BCUT2D eigenvalue weighted by atomic mass is 9.81. The van der Waals surface area contributed by atoms with Crippen molar-refractivity contribution in [3.8, 4) is 5.75 Å². The molecular formula is C15H18O2. The van der Waals surface area contributed by atoms with Gasteiger partial charge in [0.15, 0.2) is 5.78 Å². The molecule has 0 aromatic heterocycles. The van der Waals surface area contributed by atoms with E-state index in [0.29, 0.717) is 11.7 Å². The number of carbonyl (C=O) groups excluding carboxylic acids is 1. The highest BCUT2D eigenvalue weighted by Crippen LogP contribution is 2.31. The molecule has 1 fully saturated rings. The second-order valence-corrected chi connectivity index (χ2v) is 5.20. The summed E-state index contributed by atoms with van der Waals surface area (Å²) in [5, 5.41) is 0. The zero-order chi connectivity index (χ0) is 11.7. The lowest BCUT2D eigenvalue weighted by Crippen LogP contribution is -2.16. The van der Waals surface area contributed by atoms with Crippen molar-refractivity contribution in [3.05, 3.63) is 29.3 Å². The Morgan fingerprint density at radius 2 is 2.18 bits per heavy atom. The summed E-state index contributed by atoms with van der Waals surface area (Å²) in [6.45, 7) is 0.808. The van der Waals surface area contributed by atoms with Crippen LogP contribution in [0.1, 0.15) is 48.0 Å². The Morgan fingerprint density at radius 1 is 1.29 bits per heavy atom. The minimum atomic E-state index is 0.308. The molecule has 2 nitrogen and oxygen atoms in total. The van der Waals surface area contributed by atoms with Gasteiger partial charge in [0.25, 0.3) is 0 Å². The standard InChI is InChI=1S/C15H18O2/c16-14(9-11-3-1-4-11)12-6-7-15-13(10-12)5-2-8-17-15/h6-7,10-11H,1-5,8-9H2. The fraction of sp³-hybridized carbons (Fsp3) is 0.533. The first kappa shape index (κ1) is 10.8. The van der Waals surface area contributed by atoms with Gasteiger partial charge >= 0.3 is 0 Å². The Balaban J connectivity index is 1.75. The lowest BCUT2D eigenvalue weighted by molar-refractivity contribution is 0.0936. The topological polar surface area (TPSA) is 26.3 Å². The number of aryl methyl sites for hydroxylation is 1. The fourth-order valence-corrected chi connectivity index (χ4v) is 2.61. The summed E-state index contributed by atoms with van der Waals surface area (Å²) >= 11 is 0. The van der Waals surface area contributed by atoms with Crippen molar-refractivity contribution >= 4 is 5.78 Å². The van der Waals surface area contributed by atoms with Crippen LogP contribution in [0.2, 0.25) is 0 Å². The zero-order valence-corrected chi connectivity index (χ0v) is 10.1. The largest absolute Gasteiger partial charge is 0.493 e. The molecule has 1 aliphatic carbocycles. The van der Waals surface area contributed by atoms with Gasteiger partial charge in [0, 0.05) is 12.0 Å². The van der Waals surface area contributed by atoms with E-state index in [1.807, 2.05) is 18.2 Å². The van der Waals surface area contributed by atoms with Gasteiger partial charge in [-0.2, -0.15) is 0 Å². The van der Waals surface area contributed by atoms with Crippen LogP contribution in [-0.2, 0) is 6.42 Å². The van der Waals surface area contributed by atoms with E-state index in [0.717, 1.165) is 37.2 Å². The van der Waals surface area contributed by atoms with Crippen LogP contribution in [0.25, 0.3) is 0 Å². The highest BCUT2D eigenvalue weighted by Gasteiger charge is 2.22. The molecule has 1 aliphatic heterocycles. The van der Waals surface area contributed by atoms with Crippen molar-refractivity contribution in [1.82, 2.24) is 0 Å². The first-order valence-corrected chi connectivity index (χ1v) is 6.62. The maximum atomic E-state index is 12.1. The van der Waals surface area contributed by atoms with Gasteiger partial charge in [0.1, 0.15) is 5.75 Å². The normalized spacial score (nSPS) is 19.1. The highest BCUT2D eigenvalue weighted by atomic mass is 16.5. The lowest BCUT2D eigenvalue weighted by Gasteiger charge is -2.24. The quantitative estimate of drug-likeness (QED) is 0.744. The molecule has 0 radical (unpaired) electrons. The number of rotatable bonds is 3. The smallest absolute Gasteiger partial charge is 0.163 e. The van der Waals surface area contributed by atoms with Gasteiger partial charge in [0.2, 0.25) is 0 Å². The summed E-state index contributed by atoms with van der Waals surface area (Å²) in [7, 11) is 0. The summed E-state index contributed by atoms with van der Waals surface area (Å²) in [6.07, 6.45) is 6.61. The van der Waals surface area contributed by atoms with E-state index in [-0.39, 0.29) is 0 Å².